The van der Waals surface area contributed by atoms with Crippen molar-refractivity contribution in [2.24, 2.45) is 0 Å². The fourth-order valence-corrected chi connectivity index (χ4v) is 2.83. The molecule has 0 amide bonds. The van der Waals surface area contributed by atoms with Crippen LogP contribution in [0.1, 0.15) is 6.92 Å². The first-order valence-corrected chi connectivity index (χ1v) is 4.95. The Labute approximate surface area is 55.4 Å². The molecule has 1 heterocycles. The Balaban J connectivity index is 2.64. The normalized spacial score (nSPS) is 34.7. The maximum absolute atomic E-state index is 11.3. The van der Waals surface area contributed by atoms with E-state index in [4.69, 9.17) is 4.52 Å². The molecule has 0 aromatic rings. The zero-order valence-electron chi connectivity index (χ0n) is 5.76. The minimum atomic E-state index is -2.20. The summed E-state index contributed by atoms with van der Waals surface area (Å²) < 4.78 is 16.2. The van der Waals surface area contributed by atoms with E-state index >= 15 is 0 Å². The van der Waals surface area contributed by atoms with Crippen molar-refractivity contribution in [1.82, 2.24) is 0 Å². The topological polar surface area (TPSA) is 26.3 Å². The van der Waals surface area contributed by atoms with Crippen LogP contribution in [0.25, 0.3) is 0 Å². The number of hydrogen-bond donors (Lipinski definition) is 0. The Kier molecular flexibility index (Phi) is 1.78. The Morgan fingerprint density at radius 2 is 2.44 bits per heavy atom. The van der Waals surface area contributed by atoms with Crippen LogP contribution in [0.4, 0.5) is 0 Å². The summed E-state index contributed by atoms with van der Waals surface area (Å²) in [5, 5.41) is 0. The van der Waals surface area contributed by atoms with E-state index in [2.05, 4.69) is 0 Å². The molecule has 1 aliphatic rings. The molecule has 0 bridgehead atoms. The van der Waals surface area contributed by atoms with Crippen molar-refractivity contribution in [3.63, 3.8) is 0 Å². The summed E-state index contributed by atoms with van der Waals surface area (Å²) in [4.78, 5) is 0. The molecule has 0 saturated carbocycles. The van der Waals surface area contributed by atoms with Crippen LogP contribution in [0.15, 0.2) is 11.6 Å². The van der Waals surface area contributed by atoms with Gasteiger partial charge in [-0.05, 0) is 6.92 Å². The quantitative estimate of drug-likeness (QED) is 0.417. The third-order valence-corrected chi connectivity index (χ3v) is 3.93. The van der Waals surface area contributed by atoms with Gasteiger partial charge in [0.15, 0.2) is 0 Å². The highest BCUT2D eigenvalue weighted by Gasteiger charge is 2.25. The summed E-state index contributed by atoms with van der Waals surface area (Å²) in [7, 11) is -0.679. The van der Waals surface area contributed by atoms with Gasteiger partial charge in [-0.3, -0.25) is 4.57 Å². The lowest BCUT2D eigenvalue weighted by atomic mass is 10.3. The van der Waals surface area contributed by atoms with Crippen LogP contribution >= 0.6 is 7.37 Å². The van der Waals surface area contributed by atoms with E-state index in [9.17, 15) is 4.57 Å². The lowest BCUT2D eigenvalue weighted by Crippen LogP contribution is -1.87. The van der Waals surface area contributed by atoms with Gasteiger partial charge in [0.05, 0.1) is 0 Å². The molecule has 52 valence electrons. The van der Waals surface area contributed by atoms with Crippen LogP contribution < -0.4 is 0 Å². The standard InChI is InChI=1S/C6H11O2P/c1-6-3-4-9(7,5-6)8-2/h3H,4-5H2,1-2H3/t9-/m0/s1. The second-order valence-corrected chi connectivity index (χ2v) is 5.06. The molecular weight excluding hydrogens is 135 g/mol. The molecule has 2 nitrogen and oxygen atoms in total. The molecular formula is C6H11O2P. The molecule has 1 aliphatic heterocycles. The van der Waals surface area contributed by atoms with Crippen molar-refractivity contribution in [1.29, 1.82) is 0 Å². The number of rotatable bonds is 1. The smallest absolute Gasteiger partial charge is 0.210 e. The average Bonchev–Trinajstić information content (AvgIpc) is 2.13. The lowest BCUT2D eigenvalue weighted by Gasteiger charge is -2.06. The van der Waals surface area contributed by atoms with Crippen LogP contribution in [-0.4, -0.2) is 19.4 Å². The van der Waals surface area contributed by atoms with Crippen molar-refractivity contribution in [3.05, 3.63) is 11.6 Å². The zero-order valence-corrected chi connectivity index (χ0v) is 6.65. The summed E-state index contributed by atoms with van der Waals surface area (Å²) in [5.74, 6) is 0. The van der Waals surface area contributed by atoms with Gasteiger partial charge < -0.3 is 4.52 Å². The van der Waals surface area contributed by atoms with Crippen LogP contribution in [0.5, 0.6) is 0 Å². The molecule has 0 unspecified atom stereocenters. The third-order valence-electron chi connectivity index (χ3n) is 1.54. The molecule has 0 aliphatic carbocycles. The van der Waals surface area contributed by atoms with Gasteiger partial charge in [-0.1, -0.05) is 11.6 Å². The Hall–Kier alpha value is -0.0700. The average molecular weight is 146 g/mol. The van der Waals surface area contributed by atoms with Gasteiger partial charge in [0.1, 0.15) is 0 Å². The van der Waals surface area contributed by atoms with Gasteiger partial charge >= 0.3 is 0 Å². The largest absolute Gasteiger partial charge is 0.331 e. The van der Waals surface area contributed by atoms with E-state index in [1.54, 1.807) is 0 Å². The predicted molar refractivity (Wildman–Crippen MR) is 38.1 cm³/mol. The van der Waals surface area contributed by atoms with E-state index in [-0.39, 0.29) is 0 Å². The van der Waals surface area contributed by atoms with E-state index in [1.807, 2.05) is 13.0 Å². The maximum atomic E-state index is 11.3. The highest BCUT2D eigenvalue weighted by molar-refractivity contribution is 7.59. The molecule has 1 rings (SSSR count). The molecule has 0 aromatic carbocycles. The minimum Gasteiger partial charge on any atom is -0.331 e. The molecule has 0 N–H and O–H groups in total. The highest BCUT2D eigenvalue weighted by atomic mass is 31.2. The Bertz CT molecular complexity index is 183. The third kappa shape index (κ3) is 1.44. The second-order valence-electron chi connectivity index (χ2n) is 2.39. The summed E-state index contributed by atoms with van der Waals surface area (Å²) in [6, 6.07) is 0. The first kappa shape index (κ1) is 7.04. The molecule has 1 atom stereocenters. The summed E-state index contributed by atoms with van der Waals surface area (Å²) in [6.45, 7) is 1.98. The van der Waals surface area contributed by atoms with Crippen molar-refractivity contribution < 1.29 is 9.09 Å². The molecule has 0 spiro atoms. The predicted octanol–water partition coefficient (Wildman–Crippen LogP) is 1.87. The number of allylic oxidation sites excluding steroid dienone is 2. The first-order valence-electron chi connectivity index (χ1n) is 2.96. The minimum absolute atomic E-state index is 0.634. The summed E-state index contributed by atoms with van der Waals surface area (Å²) >= 11 is 0. The monoisotopic (exact) mass is 146 g/mol. The van der Waals surface area contributed by atoms with Gasteiger partial charge in [0.2, 0.25) is 7.37 Å². The Morgan fingerprint density at radius 1 is 1.78 bits per heavy atom. The zero-order chi connectivity index (χ0) is 6.91. The SMILES string of the molecule is CO[P@@]1(=O)CC=C(C)C1. The molecule has 0 fully saturated rings. The maximum Gasteiger partial charge on any atom is 0.210 e. The van der Waals surface area contributed by atoms with Gasteiger partial charge in [0.25, 0.3) is 0 Å². The highest BCUT2D eigenvalue weighted by Crippen LogP contribution is 2.51. The van der Waals surface area contributed by atoms with E-state index in [0.29, 0.717) is 12.3 Å². The molecule has 0 radical (unpaired) electrons. The summed E-state index contributed by atoms with van der Waals surface area (Å²) in [5.41, 5.74) is 1.19. The fourth-order valence-electron chi connectivity index (χ4n) is 0.943. The fraction of sp³-hybridized carbons (Fsp3) is 0.667. The molecule has 0 saturated heterocycles. The first-order chi connectivity index (χ1) is 4.16. The second kappa shape index (κ2) is 2.28. The van der Waals surface area contributed by atoms with Crippen molar-refractivity contribution in [2.75, 3.05) is 19.4 Å². The van der Waals surface area contributed by atoms with E-state index < -0.39 is 7.37 Å². The van der Waals surface area contributed by atoms with Crippen LogP contribution in [0.3, 0.4) is 0 Å². The van der Waals surface area contributed by atoms with Gasteiger partial charge in [-0.15, -0.1) is 0 Å². The van der Waals surface area contributed by atoms with Crippen molar-refractivity contribution in [3.8, 4) is 0 Å². The van der Waals surface area contributed by atoms with Crippen molar-refractivity contribution in [2.45, 2.75) is 6.92 Å². The van der Waals surface area contributed by atoms with Crippen LogP contribution in [-0.2, 0) is 9.09 Å². The van der Waals surface area contributed by atoms with Crippen molar-refractivity contribution >= 4 is 7.37 Å². The van der Waals surface area contributed by atoms with E-state index in [0.717, 1.165) is 0 Å². The lowest BCUT2D eigenvalue weighted by molar-refractivity contribution is 0.399. The molecule has 3 heteroatoms. The summed E-state index contributed by atoms with van der Waals surface area (Å²) in [6.07, 6.45) is 3.28. The van der Waals surface area contributed by atoms with Gasteiger partial charge in [-0.25, -0.2) is 0 Å². The van der Waals surface area contributed by atoms with Crippen LogP contribution in [0.2, 0.25) is 0 Å². The van der Waals surface area contributed by atoms with Crippen LogP contribution in [0, 0.1) is 0 Å². The van der Waals surface area contributed by atoms with Gasteiger partial charge in [-0.2, -0.15) is 0 Å². The number of hydrogen-bond acceptors (Lipinski definition) is 2. The molecule has 0 aromatic heterocycles. The van der Waals surface area contributed by atoms with E-state index in [1.165, 1.54) is 12.7 Å². The van der Waals surface area contributed by atoms with Gasteiger partial charge in [0, 0.05) is 19.4 Å². The Morgan fingerprint density at radius 3 is 2.67 bits per heavy atom. The molecule has 9 heavy (non-hydrogen) atoms.